The van der Waals surface area contributed by atoms with Crippen molar-refractivity contribution in [2.45, 2.75) is 38.1 Å². The lowest BCUT2D eigenvalue weighted by molar-refractivity contribution is -0.135. The second kappa shape index (κ2) is 11.9. The van der Waals surface area contributed by atoms with Crippen molar-refractivity contribution in [3.63, 3.8) is 0 Å². The van der Waals surface area contributed by atoms with E-state index in [4.69, 9.17) is 15.9 Å². The van der Waals surface area contributed by atoms with Crippen LogP contribution in [-0.4, -0.2) is 35.1 Å². The van der Waals surface area contributed by atoms with Crippen LogP contribution in [0.4, 0.5) is 0 Å². The number of phenols is 1. The van der Waals surface area contributed by atoms with Crippen LogP contribution in [0.3, 0.4) is 0 Å². The van der Waals surface area contributed by atoms with E-state index in [2.05, 4.69) is 5.73 Å². The summed E-state index contributed by atoms with van der Waals surface area (Å²) in [6.07, 6.45) is 7.28. The SMILES string of the molecule is NC1CCCCC1.NCC(=O)O.O=Cc1ccccc1O. The molecule has 0 unspecified atom stereocenters. The van der Waals surface area contributed by atoms with E-state index >= 15 is 0 Å². The van der Waals surface area contributed by atoms with Gasteiger partial charge in [-0.05, 0) is 25.0 Å². The molecule has 21 heavy (non-hydrogen) atoms. The summed E-state index contributed by atoms with van der Waals surface area (Å²) in [7, 11) is 0. The number of carboxylic acids is 1. The van der Waals surface area contributed by atoms with Crippen LogP contribution in [0.1, 0.15) is 42.5 Å². The number of hydrogen-bond donors (Lipinski definition) is 4. The van der Waals surface area contributed by atoms with Gasteiger partial charge in [0.15, 0.2) is 6.29 Å². The van der Waals surface area contributed by atoms with Crippen molar-refractivity contribution in [3.8, 4) is 5.75 Å². The van der Waals surface area contributed by atoms with Crippen molar-refractivity contribution >= 4 is 12.3 Å². The molecule has 2 rings (SSSR count). The molecule has 1 saturated carbocycles. The Kier molecular flexibility index (Phi) is 10.8. The van der Waals surface area contributed by atoms with Crippen LogP contribution in [0.2, 0.25) is 0 Å². The molecule has 0 aromatic heterocycles. The largest absolute Gasteiger partial charge is 0.507 e. The Morgan fingerprint density at radius 3 is 2.05 bits per heavy atom. The second-order valence-electron chi connectivity index (χ2n) is 4.67. The summed E-state index contributed by atoms with van der Waals surface area (Å²) < 4.78 is 0. The normalized spacial score (nSPS) is 14.0. The van der Waals surface area contributed by atoms with E-state index in [1.165, 1.54) is 38.2 Å². The maximum Gasteiger partial charge on any atom is 0.317 e. The first kappa shape index (κ1) is 19.1. The monoisotopic (exact) mass is 296 g/mol. The zero-order valence-electron chi connectivity index (χ0n) is 12.1. The topological polar surface area (TPSA) is 127 Å². The summed E-state index contributed by atoms with van der Waals surface area (Å²) in [4.78, 5) is 19.3. The molecule has 6 nitrogen and oxygen atoms in total. The van der Waals surface area contributed by atoms with Crippen LogP contribution in [0.15, 0.2) is 24.3 Å². The Morgan fingerprint density at radius 1 is 1.24 bits per heavy atom. The van der Waals surface area contributed by atoms with Gasteiger partial charge in [0.1, 0.15) is 5.75 Å². The van der Waals surface area contributed by atoms with Gasteiger partial charge in [0.2, 0.25) is 0 Å². The Bertz CT molecular complexity index is 418. The lowest BCUT2D eigenvalue weighted by Crippen LogP contribution is -2.22. The van der Waals surface area contributed by atoms with E-state index < -0.39 is 5.97 Å². The number of phenolic OH excluding ortho intramolecular Hbond substituents is 1. The van der Waals surface area contributed by atoms with Gasteiger partial charge in [0.05, 0.1) is 12.1 Å². The number of aliphatic carboxylic acids is 1. The molecular formula is C15H24N2O4. The zero-order chi connectivity index (χ0) is 16.1. The summed E-state index contributed by atoms with van der Waals surface area (Å²) in [5.74, 6) is -0.933. The standard InChI is InChI=1S/C7H6O2.C6H13N.C2H5NO2/c8-5-6-3-1-2-4-7(6)9;7-6-4-2-1-3-5-6;3-1-2(4)5/h1-5,9H;6H,1-5,7H2;1,3H2,(H,4,5). The van der Waals surface area contributed by atoms with Gasteiger partial charge in [0, 0.05) is 6.04 Å². The van der Waals surface area contributed by atoms with E-state index in [9.17, 15) is 9.59 Å². The molecule has 6 heteroatoms. The van der Waals surface area contributed by atoms with Gasteiger partial charge in [-0.25, -0.2) is 0 Å². The Morgan fingerprint density at radius 2 is 1.76 bits per heavy atom. The van der Waals surface area contributed by atoms with Gasteiger partial charge in [-0.3, -0.25) is 9.59 Å². The molecule has 0 bridgehead atoms. The first-order valence-corrected chi connectivity index (χ1v) is 6.91. The molecule has 0 radical (unpaired) electrons. The fourth-order valence-corrected chi connectivity index (χ4v) is 1.72. The molecule has 6 N–H and O–H groups in total. The highest BCUT2D eigenvalue weighted by molar-refractivity contribution is 5.78. The summed E-state index contributed by atoms with van der Waals surface area (Å²) in [5, 5.41) is 16.5. The first-order chi connectivity index (χ1) is 10.0. The molecule has 0 heterocycles. The Labute approximate surface area is 124 Å². The van der Waals surface area contributed by atoms with Gasteiger partial charge in [-0.2, -0.15) is 0 Å². The van der Waals surface area contributed by atoms with E-state index in [0.717, 1.165) is 0 Å². The minimum atomic E-state index is -0.968. The van der Waals surface area contributed by atoms with Gasteiger partial charge in [-0.15, -0.1) is 0 Å². The number of carboxylic acid groups (broad SMARTS) is 1. The zero-order valence-corrected chi connectivity index (χ0v) is 12.1. The maximum atomic E-state index is 10.1. The van der Waals surface area contributed by atoms with E-state index in [1.54, 1.807) is 18.2 Å². The second-order valence-corrected chi connectivity index (χ2v) is 4.67. The molecular weight excluding hydrogens is 272 g/mol. The van der Waals surface area contributed by atoms with Gasteiger partial charge in [-0.1, -0.05) is 31.4 Å². The Balaban J connectivity index is 0.000000300. The van der Waals surface area contributed by atoms with Crippen LogP contribution >= 0.6 is 0 Å². The van der Waals surface area contributed by atoms with E-state index in [1.807, 2.05) is 0 Å². The van der Waals surface area contributed by atoms with Crippen LogP contribution in [0.5, 0.6) is 5.75 Å². The summed E-state index contributed by atoms with van der Waals surface area (Å²) >= 11 is 0. The number of aldehydes is 1. The highest BCUT2D eigenvalue weighted by Crippen LogP contribution is 2.14. The van der Waals surface area contributed by atoms with Crippen molar-refractivity contribution in [3.05, 3.63) is 29.8 Å². The number of rotatable bonds is 2. The number of nitrogens with two attached hydrogens (primary N) is 2. The first-order valence-electron chi connectivity index (χ1n) is 6.91. The summed E-state index contributed by atoms with van der Waals surface area (Å²) in [6, 6.07) is 6.94. The molecule has 0 amide bonds. The van der Waals surface area contributed by atoms with Crippen LogP contribution < -0.4 is 11.5 Å². The molecule has 1 aromatic carbocycles. The average Bonchev–Trinajstić information content (AvgIpc) is 2.50. The maximum absolute atomic E-state index is 10.1. The smallest absolute Gasteiger partial charge is 0.317 e. The predicted octanol–water partition coefficient (Wildman–Crippen LogP) is 1.51. The molecule has 0 spiro atoms. The fourth-order valence-electron chi connectivity index (χ4n) is 1.72. The third-order valence-electron chi connectivity index (χ3n) is 2.89. The quantitative estimate of drug-likeness (QED) is 0.613. The third kappa shape index (κ3) is 10.5. The summed E-state index contributed by atoms with van der Waals surface area (Å²) in [6.45, 7) is -0.278. The number of carbonyl (C=O) groups is 2. The van der Waals surface area contributed by atoms with Crippen LogP contribution in [0.25, 0.3) is 0 Å². The third-order valence-corrected chi connectivity index (χ3v) is 2.89. The molecule has 1 aromatic rings. The molecule has 118 valence electrons. The van der Waals surface area contributed by atoms with Crippen LogP contribution in [-0.2, 0) is 4.79 Å². The molecule has 1 aliphatic carbocycles. The predicted molar refractivity (Wildman–Crippen MR) is 81.2 cm³/mol. The lowest BCUT2D eigenvalue weighted by atomic mass is 9.97. The number of para-hydroxylation sites is 1. The molecule has 1 fully saturated rings. The van der Waals surface area contributed by atoms with Crippen molar-refractivity contribution in [1.29, 1.82) is 0 Å². The Hall–Kier alpha value is -1.92. The van der Waals surface area contributed by atoms with Crippen molar-refractivity contribution < 1.29 is 19.8 Å². The van der Waals surface area contributed by atoms with Crippen molar-refractivity contribution in [2.24, 2.45) is 11.5 Å². The van der Waals surface area contributed by atoms with Gasteiger partial charge in [0.25, 0.3) is 0 Å². The number of aromatic hydroxyl groups is 1. The highest BCUT2D eigenvalue weighted by Gasteiger charge is 2.06. The minimum absolute atomic E-state index is 0.0347. The number of hydrogen-bond acceptors (Lipinski definition) is 5. The molecule has 0 saturated heterocycles. The van der Waals surface area contributed by atoms with Gasteiger partial charge >= 0.3 is 5.97 Å². The molecule has 0 atom stereocenters. The van der Waals surface area contributed by atoms with E-state index in [-0.39, 0.29) is 12.3 Å². The fraction of sp³-hybridized carbons (Fsp3) is 0.467. The average molecular weight is 296 g/mol. The lowest BCUT2D eigenvalue weighted by Gasteiger charge is -2.15. The van der Waals surface area contributed by atoms with E-state index in [0.29, 0.717) is 17.9 Å². The van der Waals surface area contributed by atoms with Crippen LogP contribution in [0, 0.1) is 0 Å². The molecule has 0 aliphatic heterocycles. The van der Waals surface area contributed by atoms with Crippen molar-refractivity contribution in [1.82, 2.24) is 0 Å². The molecule has 1 aliphatic rings. The highest BCUT2D eigenvalue weighted by atomic mass is 16.4. The minimum Gasteiger partial charge on any atom is -0.507 e. The van der Waals surface area contributed by atoms with Gasteiger partial charge < -0.3 is 21.7 Å². The van der Waals surface area contributed by atoms with Crippen molar-refractivity contribution in [2.75, 3.05) is 6.54 Å². The summed E-state index contributed by atoms with van der Waals surface area (Å²) in [5.41, 5.74) is 10.5. The number of carbonyl (C=O) groups excluding carboxylic acids is 1. The number of benzene rings is 1.